The molecule has 216 valence electrons. The molecule has 0 radical (unpaired) electrons. The van der Waals surface area contributed by atoms with Crippen LogP contribution in [0.15, 0.2) is 0 Å². The van der Waals surface area contributed by atoms with Crippen molar-refractivity contribution in [2.75, 3.05) is 6.54 Å². The molecule has 0 fully saturated rings. The molecule has 0 saturated heterocycles. The van der Waals surface area contributed by atoms with Gasteiger partial charge in [-0.15, -0.1) is 0 Å². The summed E-state index contributed by atoms with van der Waals surface area (Å²) >= 11 is 0. The van der Waals surface area contributed by atoms with Crippen molar-refractivity contribution in [1.82, 2.24) is 21.3 Å². The zero-order valence-electron chi connectivity index (χ0n) is 23.8. The molecule has 0 rings (SSSR count). The minimum absolute atomic E-state index is 0.0445. The van der Waals surface area contributed by atoms with Crippen molar-refractivity contribution >= 4 is 23.6 Å². The van der Waals surface area contributed by atoms with Gasteiger partial charge in [0, 0.05) is 12.8 Å². The quantitative estimate of drug-likeness (QED) is 0.207. The van der Waals surface area contributed by atoms with Gasteiger partial charge in [0.1, 0.15) is 18.2 Å². The molecule has 5 N–H and O–H groups in total. The zero-order chi connectivity index (χ0) is 29.1. The van der Waals surface area contributed by atoms with Crippen LogP contribution < -0.4 is 21.3 Å². The maximum Gasteiger partial charge on any atom is 0.292 e. The first-order chi connectivity index (χ1) is 16.9. The number of hydrogen-bond donors (Lipinski definition) is 5. The number of carbonyl (C=O) groups is 4. The normalized spacial score (nSPS) is 15.4. The van der Waals surface area contributed by atoms with E-state index < -0.39 is 48.5 Å². The molecule has 0 aromatic rings. The summed E-state index contributed by atoms with van der Waals surface area (Å²) in [5, 5.41) is 20.3. The number of rotatable bonds is 16. The van der Waals surface area contributed by atoms with Crippen molar-refractivity contribution < 1.29 is 33.1 Å². The van der Waals surface area contributed by atoms with E-state index in [1.54, 1.807) is 27.7 Å². The van der Waals surface area contributed by atoms with E-state index in [4.69, 9.17) is 0 Å². The summed E-state index contributed by atoms with van der Waals surface area (Å²) in [7, 11) is 0. The molecule has 37 heavy (non-hydrogen) atoms. The molecule has 0 aromatic carbocycles. The number of amides is 4. The third kappa shape index (κ3) is 13.7. The Labute approximate surface area is 220 Å². The highest BCUT2D eigenvalue weighted by Crippen LogP contribution is 2.24. The summed E-state index contributed by atoms with van der Waals surface area (Å²) in [5.41, 5.74) is 0. The second kappa shape index (κ2) is 15.8. The van der Waals surface area contributed by atoms with Crippen LogP contribution in [0.4, 0.5) is 8.78 Å². The van der Waals surface area contributed by atoms with Gasteiger partial charge in [-0.25, -0.2) is 8.78 Å². The van der Waals surface area contributed by atoms with E-state index in [2.05, 4.69) is 21.3 Å². The highest BCUT2D eigenvalue weighted by Gasteiger charge is 2.45. The first-order valence-corrected chi connectivity index (χ1v) is 13.1. The summed E-state index contributed by atoms with van der Waals surface area (Å²) in [6, 6.07) is -3.32. The summed E-state index contributed by atoms with van der Waals surface area (Å²) in [5.74, 6) is -6.28. The Bertz CT molecular complexity index is 759. The number of carbonyl (C=O) groups excluding carboxylic acids is 4. The zero-order valence-corrected chi connectivity index (χ0v) is 23.8. The summed E-state index contributed by atoms with van der Waals surface area (Å²) in [4.78, 5) is 49.3. The number of aliphatic hydroxyl groups is 1. The van der Waals surface area contributed by atoms with E-state index in [0.29, 0.717) is 0 Å². The number of aliphatic hydroxyl groups excluding tert-OH is 1. The smallest absolute Gasteiger partial charge is 0.292 e. The van der Waals surface area contributed by atoms with E-state index >= 15 is 0 Å². The Hall–Kier alpha value is -2.30. The monoisotopic (exact) mass is 534 g/mol. The average molecular weight is 535 g/mol. The molecule has 0 bridgehead atoms. The van der Waals surface area contributed by atoms with Crippen LogP contribution in [-0.4, -0.2) is 65.4 Å². The minimum atomic E-state index is -3.78. The number of halogens is 2. The lowest BCUT2D eigenvalue weighted by atomic mass is 9.94. The predicted molar refractivity (Wildman–Crippen MR) is 139 cm³/mol. The van der Waals surface area contributed by atoms with Crippen molar-refractivity contribution in [2.24, 2.45) is 23.7 Å². The van der Waals surface area contributed by atoms with Crippen LogP contribution in [0.1, 0.15) is 81.6 Å². The van der Waals surface area contributed by atoms with Gasteiger partial charge < -0.3 is 26.4 Å². The molecule has 0 aliphatic heterocycles. The van der Waals surface area contributed by atoms with Crippen molar-refractivity contribution in [2.45, 2.75) is 112 Å². The van der Waals surface area contributed by atoms with Gasteiger partial charge in [-0.05, 0) is 37.0 Å². The van der Waals surface area contributed by atoms with Gasteiger partial charge in [0.25, 0.3) is 5.92 Å². The molecular formula is C26H48F2N4O5. The van der Waals surface area contributed by atoms with E-state index in [1.165, 1.54) is 6.92 Å². The van der Waals surface area contributed by atoms with Gasteiger partial charge in [0.05, 0.1) is 12.6 Å². The Kier molecular flexibility index (Phi) is 14.9. The highest BCUT2D eigenvalue weighted by molar-refractivity contribution is 5.88. The van der Waals surface area contributed by atoms with Gasteiger partial charge in [0.15, 0.2) is 0 Å². The molecule has 0 heterocycles. The molecule has 11 heteroatoms. The van der Waals surface area contributed by atoms with Gasteiger partial charge in [-0.3, -0.25) is 19.2 Å². The van der Waals surface area contributed by atoms with Crippen LogP contribution in [0, 0.1) is 23.7 Å². The van der Waals surface area contributed by atoms with Crippen molar-refractivity contribution in [3.8, 4) is 0 Å². The van der Waals surface area contributed by atoms with E-state index in [9.17, 15) is 33.1 Å². The van der Waals surface area contributed by atoms with E-state index in [1.807, 2.05) is 27.7 Å². The van der Waals surface area contributed by atoms with Crippen LogP contribution in [0.3, 0.4) is 0 Å². The summed E-state index contributed by atoms with van der Waals surface area (Å²) in [6.45, 7) is 14.6. The molecule has 0 aromatic heterocycles. The molecule has 0 aliphatic carbocycles. The fourth-order valence-corrected chi connectivity index (χ4v) is 3.68. The van der Waals surface area contributed by atoms with Crippen LogP contribution in [-0.2, 0) is 19.2 Å². The lowest BCUT2D eigenvalue weighted by Gasteiger charge is -2.33. The van der Waals surface area contributed by atoms with Crippen LogP contribution in [0.25, 0.3) is 0 Å². The third-order valence-electron chi connectivity index (χ3n) is 5.59. The van der Waals surface area contributed by atoms with Gasteiger partial charge >= 0.3 is 0 Å². The standard InChI is InChI=1S/C26H48F2N4O5/c1-14(2)10-19(31-25(37)22(17(7)8)32-21(34)12-16(5)6)23(35)26(27,28)13-29-24(36)18(9)30-20(33)11-15(3)4/h14-19,22-23,35H,10-13H2,1-9H3,(H,29,36)(H,30,33)(H,31,37)(H,32,34). The Morgan fingerprint density at radius 1 is 0.730 bits per heavy atom. The third-order valence-corrected chi connectivity index (χ3v) is 5.59. The molecule has 0 aliphatic rings. The molecule has 4 unspecified atom stereocenters. The van der Waals surface area contributed by atoms with Gasteiger partial charge in [-0.2, -0.15) is 0 Å². The number of alkyl halides is 2. The minimum Gasteiger partial charge on any atom is -0.385 e. The molecule has 4 atom stereocenters. The molecular weight excluding hydrogens is 486 g/mol. The first-order valence-electron chi connectivity index (χ1n) is 13.1. The highest BCUT2D eigenvalue weighted by atomic mass is 19.3. The first kappa shape index (κ1) is 34.7. The fraction of sp³-hybridized carbons (Fsp3) is 0.846. The molecule has 9 nitrogen and oxygen atoms in total. The second-order valence-electron chi connectivity index (χ2n) is 11.4. The van der Waals surface area contributed by atoms with Crippen molar-refractivity contribution in [1.29, 1.82) is 0 Å². The average Bonchev–Trinajstić information content (AvgIpc) is 2.72. The topological polar surface area (TPSA) is 137 Å². The Morgan fingerprint density at radius 2 is 1.22 bits per heavy atom. The number of hydrogen-bond acceptors (Lipinski definition) is 5. The molecule has 0 saturated carbocycles. The van der Waals surface area contributed by atoms with Crippen LogP contribution in [0.2, 0.25) is 0 Å². The predicted octanol–water partition coefficient (Wildman–Crippen LogP) is 2.37. The maximum absolute atomic E-state index is 15.0. The van der Waals surface area contributed by atoms with E-state index in [0.717, 1.165) is 0 Å². The SMILES string of the molecule is CC(C)CC(=O)NC(C)C(=O)NCC(F)(F)C(O)C(CC(C)C)NC(=O)C(NC(=O)CC(C)C)C(C)C. The Morgan fingerprint density at radius 3 is 1.65 bits per heavy atom. The fourth-order valence-electron chi connectivity index (χ4n) is 3.68. The Balaban J connectivity index is 5.37. The summed E-state index contributed by atoms with van der Waals surface area (Å²) < 4.78 is 29.9. The van der Waals surface area contributed by atoms with Crippen LogP contribution in [0.5, 0.6) is 0 Å². The van der Waals surface area contributed by atoms with E-state index in [-0.39, 0.29) is 54.7 Å². The second-order valence-corrected chi connectivity index (χ2v) is 11.4. The van der Waals surface area contributed by atoms with Gasteiger partial charge in [-0.1, -0.05) is 55.4 Å². The lowest BCUT2D eigenvalue weighted by molar-refractivity contribution is -0.142. The molecule has 4 amide bonds. The maximum atomic E-state index is 15.0. The molecule has 0 spiro atoms. The summed E-state index contributed by atoms with van der Waals surface area (Å²) in [6.07, 6.45) is -1.85. The van der Waals surface area contributed by atoms with Gasteiger partial charge in [0.2, 0.25) is 23.6 Å². The lowest BCUT2D eigenvalue weighted by Crippen LogP contribution is -2.60. The van der Waals surface area contributed by atoms with Crippen molar-refractivity contribution in [3.63, 3.8) is 0 Å². The van der Waals surface area contributed by atoms with Crippen LogP contribution >= 0.6 is 0 Å². The number of nitrogens with one attached hydrogen (secondary N) is 4. The van der Waals surface area contributed by atoms with Crippen molar-refractivity contribution in [3.05, 3.63) is 0 Å². The largest absolute Gasteiger partial charge is 0.385 e.